The van der Waals surface area contributed by atoms with E-state index >= 15 is 0 Å². The number of hydrogen-bond acceptors (Lipinski definition) is 8. The summed E-state index contributed by atoms with van der Waals surface area (Å²) in [5.74, 6) is -0.825. The van der Waals surface area contributed by atoms with Crippen LogP contribution in [0, 0.1) is 0 Å². The van der Waals surface area contributed by atoms with Gasteiger partial charge >= 0.3 is 5.97 Å². The maximum Gasteiger partial charge on any atom is 0.322 e. The van der Waals surface area contributed by atoms with Gasteiger partial charge in [0.25, 0.3) is 0 Å². The minimum absolute atomic E-state index is 0.0000671. The first kappa shape index (κ1) is 20.9. The van der Waals surface area contributed by atoms with E-state index < -0.39 is 28.1 Å². The summed E-state index contributed by atoms with van der Waals surface area (Å²) in [6, 6.07) is 7.41. The van der Waals surface area contributed by atoms with Gasteiger partial charge in [0.2, 0.25) is 0 Å². The van der Waals surface area contributed by atoms with Gasteiger partial charge < -0.3 is 29.4 Å². The lowest BCUT2D eigenvalue weighted by molar-refractivity contribution is -0.134. The lowest BCUT2D eigenvalue weighted by Gasteiger charge is -2.13. The monoisotopic (exact) mass is 453 g/mol. The number of nitrogens with one attached hydrogen (secondary N) is 1. The molecular formula is C21H25NO8S. The van der Waals surface area contributed by atoms with E-state index in [0.717, 1.165) is 5.41 Å². The summed E-state index contributed by atoms with van der Waals surface area (Å²) in [7, 11) is 1.87. The van der Waals surface area contributed by atoms with Gasteiger partial charge in [-0.1, -0.05) is 6.07 Å². The Labute approximate surface area is 183 Å². The average Bonchev–Trinajstić information content (AvgIpc) is 2.76. The fourth-order valence-electron chi connectivity index (χ4n) is 2.71. The Morgan fingerprint density at radius 3 is 2.16 bits per heavy atom. The van der Waals surface area contributed by atoms with Crippen molar-refractivity contribution in [3.05, 3.63) is 46.9 Å². The summed E-state index contributed by atoms with van der Waals surface area (Å²) in [6.45, 7) is -2.79. The van der Waals surface area contributed by atoms with Crippen LogP contribution >= 0.6 is 0 Å². The summed E-state index contributed by atoms with van der Waals surface area (Å²) in [4.78, 5) is 11.1. The standard InChI is InChI=1S/C21H25NO8S/c1-27-15-10-19(29-3)16(20(11-15)30-4)7-8-31(25,26)13-14-5-6-18(28-2)17(9-14)22-12-21(23)24/h5-11,22H,12-13H2,1-4H3,(H,23,24)/b8-7+/i12D2. The van der Waals surface area contributed by atoms with E-state index in [0.29, 0.717) is 22.8 Å². The molecule has 2 aromatic carbocycles. The molecule has 0 bridgehead atoms. The number of carboxylic acid groups (broad SMARTS) is 1. The van der Waals surface area contributed by atoms with Gasteiger partial charge in [0.1, 0.15) is 29.5 Å². The normalized spacial score (nSPS) is 12.6. The summed E-state index contributed by atoms with van der Waals surface area (Å²) < 4.78 is 61.5. The van der Waals surface area contributed by atoms with E-state index in [1.54, 1.807) is 12.1 Å². The van der Waals surface area contributed by atoms with Crippen molar-refractivity contribution in [1.82, 2.24) is 0 Å². The third kappa shape index (κ3) is 6.54. The van der Waals surface area contributed by atoms with Gasteiger partial charge in [0, 0.05) is 17.5 Å². The van der Waals surface area contributed by atoms with Crippen molar-refractivity contribution in [1.29, 1.82) is 0 Å². The number of benzene rings is 2. The first-order chi connectivity index (χ1) is 15.5. The van der Waals surface area contributed by atoms with Gasteiger partial charge in [-0.3, -0.25) is 4.79 Å². The molecule has 0 fully saturated rings. The van der Waals surface area contributed by atoms with Crippen LogP contribution in [-0.2, 0) is 20.4 Å². The molecule has 2 N–H and O–H groups in total. The third-order valence-electron chi connectivity index (χ3n) is 4.13. The first-order valence-corrected chi connectivity index (χ1v) is 10.6. The van der Waals surface area contributed by atoms with Crippen molar-refractivity contribution in [3.8, 4) is 23.0 Å². The van der Waals surface area contributed by atoms with E-state index in [1.165, 1.54) is 52.7 Å². The minimum Gasteiger partial charge on any atom is -0.496 e. The predicted molar refractivity (Wildman–Crippen MR) is 117 cm³/mol. The van der Waals surface area contributed by atoms with Crippen molar-refractivity contribution in [2.24, 2.45) is 0 Å². The van der Waals surface area contributed by atoms with Crippen LogP contribution in [0.2, 0.25) is 0 Å². The molecule has 0 amide bonds. The second-order valence-corrected chi connectivity index (χ2v) is 8.03. The zero-order valence-corrected chi connectivity index (χ0v) is 18.3. The number of sulfone groups is 1. The van der Waals surface area contributed by atoms with Crippen LogP contribution in [0.15, 0.2) is 35.7 Å². The number of carboxylic acids is 1. The Morgan fingerprint density at radius 2 is 1.65 bits per heavy atom. The van der Waals surface area contributed by atoms with Gasteiger partial charge in [-0.2, -0.15) is 0 Å². The molecule has 0 unspecified atom stereocenters. The van der Waals surface area contributed by atoms with E-state index in [4.69, 9.17) is 26.8 Å². The highest BCUT2D eigenvalue weighted by molar-refractivity contribution is 7.93. The first-order valence-electron chi connectivity index (χ1n) is 9.85. The molecule has 0 heterocycles. The third-order valence-corrected chi connectivity index (χ3v) is 5.42. The van der Waals surface area contributed by atoms with E-state index in [-0.39, 0.29) is 17.0 Å². The highest BCUT2D eigenvalue weighted by Gasteiger charge is 2.15. The lowest BCUT2D eigenvalue weighted by Crippen LogP contribution is -2.13. The molecule has 9 nitrogen and oxygen atoms in total. The fourth-order valence-corrected chi connectivity index (χ4v) is 3.80. The van der Waals surface area contributed by atoms with Gasteiger partial charge in [-0.25, -0.2) is 8.42 Å². The van der Waals surface area contributed by atoms with Gasteiger partial charge in [-0.15, -0.1) is 0 Å². The van der Waals surface area contributed by atoms with Crippen LogP contribution in [0.4, 0.5) is 5.69 Å². The number of methoxy groups -OCH3 is 4. The molecule has 168 valence electrons. The number of hydrogen-bond donors (Lipinski definition) is 2. The zero-order valence-electron chi connectivity index (χ0n) is 19.5. The van der Waals surface area contributed by atoms with Crippen LogP contribution in [0.1, 0.15) is 13.9 Å². The van der Waals surface area contributed by atoms with Crippen molar-refractivity contribution in [2.75, 3.05) is 40.3 Å². The molecule has 10 heteroatoms. The second kappa shape index (κ2) is 10.6. The van der Waals surface area contributed by atoms with Crippen LogP contribution in [0.3, 0.4) is 0 Å². The Balaban J connectivity index is 2.36. The lowest BCUT2D eigenvalue weighted by atomic mass is 10.1. The Kier molecular flexibility index (Phi) is 7.12. The molecule has 31 heavy (non-hydrogen) atoms. The van der Waals surface area contributed by atoms with Crippen molar-refractivity contribution in [2.45, 2.75) is 5.75 Å². The largest absolute Gasteiger partial charge is 0.496 e. The number of ether oxygens (including phenoxy) is 4. The Morgan fingerprint density at radius 1 is 1.03 bits per heavy atom. The Bertz CT molecular complexity index is 1120. The molecule has 2 rings (SSSR count). The van der Waals surface area contributed by atoms with Gasteiger partial charge in [0.15, 0.2) is 9.84 Å². The van der Waals surface area contributed by atoms with Crippen molar-refractivity contribution >= 4 is 27.6 Å². The average molecular weight is 454 g/mol. The molecular weight excluding hydrogens is 426 g/mol. The molecule has 0 aromatic heterocycles. The topological polar surface area (TPSA) is 120 Å². The maximum atomic E-state index is 12.7. The van der Waals surface area contributed by atoms with Crippen LogP contribution in [-0.4, -0.2) is 54.4 Å². The number of aliphatic carboxylic acids is 1. The predicted octanol–water partition coefficient (Wildman–Crippen LogP) is 2.80. The Hall–Kier alpha value is -3.40. The van der Waals surface area contributed by atoms with Crippen LogP contribution < -0.4 is 24.3 Å². The molecule has 0 spiro atoms. The second-order valence-electron chi connectivity index (χ2n) is 6.15. The molecule has 0 aliphatic carbocycles. The summed E-state index contributed by atoms with van der Waals surface area (Å²) in [5, 5.41) is 12.2. The molecule has 0 saturated heterocycles. The molecule has 0 radical (unpaired) electrons. The van der Waals surface area contributed by atoms with E-state index in [2.05, 4.69) is 5.32 Å². The smallest absolute Gasteiger partial charge is 0.322 e. The highest BCUT2D eigenvalue weighted by Crippen LogP contribution is 2.35. The van der Waals surface area contributed by atoms with Crippen LogP contribution in [0.5, 0.6) is 23.0 Å². The van der Waals surface area contributed by atoms with Crippen molar-refractivity contribution < 1.29 is 40.0 Å². The van der Waals surface area contributed by atoms with Gasteiger partial charge in [0.05, 0.1) is 48.2 Å². The van der Waals surface area contributed by atoms with E-state index in [9.17, 15) is 13.2 Å². The zero-order chi connectivity index (χ0) is 24.8. The maximum absolute atomic E-state index is 12.7. The van der Waals surface area contributed by atoms with E-state index in [1.807, 2.05) is 0 Å². The summed E-state index contributed by atoms with van der Waals surface area (Å²) in [6.07, 6.45) is 1.35. The number of rotatable bonds is 11. The molecule has 2 aromatic rings. The van der Waals surface area contributed by atoms with Crippen molar-refractivity contribution in [3.63, 3.8) is 0 Å². The molecule has 0 aliphatic heterocycles. The molecule has 0 atom stereocenters. The number of anilines is 1. The highest BCUT2D eigenvalue weighted by atomic mass is 32.2. The van der Waals surface area contributed by atoms with Crippen LogP contribution in [0.25, 0.3) is 6.08 Å². The SMILES string of the molecule is [2H]C([2H])(Nc1cc(CS(=O)(=O)/C=C/c2c(OC)cc(OC)cc2OC)ccc1OC)C(=O)O. The fraction of sp³-hybridized carbons (Fsp3) is 0.286. The summed E-state index contributed by atoms with van der Waals surface area (Å²) in [5.41, 5.74) is 0.689. The minimum atomic E-state index is -3.80. The molecule has 0 aliphatic rings. The van der Waals surface area contributed by atoms with Gasteiger partial charge in [-0.05, 0) is 23.8 Å². The summed E-state index contributed by atoms with van der Waals surface area (Å²) >= 11 is 0. The molecule has 0 saturated carbocycles. The quantitative estimate of drug-likeness (QED) is 0.529. The number of carbonyl (C=O) groups is 1.